The van der Waals surface area contributed by atoms with Gasteiger partial charge in [-0.25, -0.2) is 4.98 Å². The van der Waals surface area contributed by atoms with E-state index in [4.69, 9.17) is 5.73 Å². The van der Waals surface area contributed by atoms with Gasteiger partial charge < -0.3 is 10.6 Å². The van der Waals surface area contributed by atoms with Crippen molar-refractivity contribution in [2.75, 3.05) is 11.4 Å². The second-order valence-electron chi connectivity index (χ2n) is 4.59. The Balaban J connectivity index is 1.81. The molecule has 2 aromatic rings. The number of fused-ring (bicyclic) bond motifs is 1. The number of nitrogens with two attached hydrogens (primary N) is 1. The zero-order valence-corrected chi connectivity index (χ0v) is 11.1. The Morgan fingerprint density at radius 2 is 2.22 bits per heavy atom. The van der Waals surface area contributed by atoms with Gasteiger partial charge in [0.05, 0.1) is 12.2 Å². The van der Waals surface area contributed by atoms with Crippen LogP contribution in [0, 0.1) is 0 Å². The Morgan fingerprint density at radius 1 is 1.33 bits per heavy atom. The number of para-hydroxylation sites is 1. The lowest BCUT2D eigenvalue weighted by Gasteiger charge is -2.30. The maximum Gasteiger partial charge on any atom is 0.107 e. The monoisotopic (exact) mass is 259 g/mol. The number of thiazole rings is 1. The summed E-state index contributed by atoms with van der Waals surface area (Å²) < 4.78 is 0. The number of benzene rings is 1. The van der Waals surface area contributed by atoms with Gasteiger partial charge in [-0.05, 0) is 24.5 Å². The fraction of sp³-hybridized carbons (Fsp3) is 0.357. The fourth-order valence-electron chi connectivity index (χ4n) is 2.49. The predicted octanol–water partition coefficient (Wildman–Crippen LogP) is 2.55. The molecule has 0 spiro atoms. The highest BCUT2D eigenvalue weighted by atomic mass is 32.1. The van der Waals surface area contributed by atoms with Crippen molar-refractivity contribution in [3.63, 3.8) is 0 Å². The van der Waals surface area contributed by atoms with E-state index in [0.29, 0.717) is 6.54 Å². The molecular formula is C14H17N3S. The van der Waals surface area contributed by atoms with Crippen LogP contribution in [0.1, 0.15) is 22.7 Å². The molecule has 94 valence electrons. The molecule has 4 heteroatoms. The second kappa shape index (κ2) is 5.08. The van der Waals surface area contributed by atoms with Crippen molar-refractivity contribution in [2.45, 2.75) is 25.9 Å². The average molecular weight is 259 g/mol. The molecule has 1 aromatic heterocycles. The molecule has 0 aliphatic carbocycles. The topological polar surface area (TPSA) is 42.1 Å². The third-order valence-corrected chi connectivity index (χ3v) is 4.25. The van der Waals surface area contributed by atoms with Crippen molar-refractivity contribution in [2.24, 2.45) is 5.73 Å². The molecule has 3 nitrogen and oxygen atoms in total. The summed E-state index contributed by atoms with van der Waals surface area (Å²) in [5.74, 6) is 0. The van der Waals surface area contributed by atoms with Crippen LogP contribution in [0.5, 0.6) is 0 Å². The number of aromatic nitrogens is 1. The molecule has 2 N–H and O–H groups in total. The lowest BCUT2D eigenvalue weighted by molar-refractivity contribution is 0.684. The van der Waals surface area contributed by atoms with Crippen molar-refractivity contribution < 1.29 is 0 Å². The lowest BCUT2D eigenvalue weighted by Crippen LogP contribution is -2.28. The smallest absolute Gasteiger partial charge is 0.107 e. The molecule has 0 amide bonds. The number of rotatable bonds is 3. The van der Waals surface area contributed by atoms with E-state index in [2.05, 4.69) is 39.5 Å². The van der Waals surface area contributed by atoms with Gasteiger partial charge >= 0.3 is 0 Å². The maximum absolute atomic E-state index is 5.61. The zero-order valence-electron chi connectivity index (χ0n) is 10.3. The zero-order chi connectivity index (χ0) is 12.4. The maximum atomic E-state index is 5.61. The molecule has 0 atom stereocenters. The summed E-state index contributed by atoms with van der Waals surface area (Å²) in [6, 6.07) is 8.68. The van der Waals surface area contributed by atoms with Gasteiger partial charge in [0.2, 0.25) is 0 Å². The second-order valence-corrected chi connectivity index (χ2v) is 5.53. The van der Waals surface area contributed by atoms with E-state index in [0.717, 1.165) is 23.8 Å². The summed E-state index contributed by atoms with van der Waals surface area (Å²) in [6.45, 7) is 2.56. The van der Waals surface area contributed by atoms with Crippen molar-refractivity contribution >= 4 is 17.0 Å². The van der Waals surface area contributed by atoms with Gasteiger partial charge in [-0.2, -0.15) is 0 Å². The van der Waals surface area contributed by atoms with Crippen LogP contribution in [0.3, 0.4) is 0 Å². The van der Waals surface area contributed by atoms with Gasteiger partial charge in [0.25, 0.3) is 0 Å². The van der Waals surface area contributed by atoms with E-state index in [-0.39, 0.29) is 0 Å². The van der Waals surface area contributed by atoms with Gasteiger partial charge in [0.15, 0.2) is 0 Å². The first-order valence-electron chi connectivity index (χ1n) is 6.33. The van der Waals surface area contributed by atoms with Crippen LogP contribution < -0.4 is 10.6 Å². The summed E-state index contributed by atoms with van der Waals surface area (Å²) in [4.78, 5) is 6.97. The highest BCUT2D eigenvalue weighted by Gasteiger charge is 2.17. The minimum Gasteiger partial charge on any atom is -0.365 e. The summed E-state index contributed by atoms with van der Waals surface area (Å²) in [6.07, 6.45) is 2.42. The Morgan fingerprint density at radius 3 is 3.06 bits per heavy atom. The van der Waals surface area contributed by atoms with Gasteiger partial charge in [-0.1, -0.05) is 18.2 Å². The first-order chi connectivity index (χ1) is 8.86. The van der Waals surface area contributed by atoms with Crippen molar-refractivity contribution in [3.8, 4) is 0 Å². The number of hydrogen-bond acceptors (Lipinski definition) is 4. The van der Waals surface area contributed by atoms with E-state index in [1.807, 2.05) is 0 Å². The highest BCUT2D eigenvalue weighted by Crippen LogP contribution is 2.28. The molecule has 0 saturated carbocycles. The average Bonchev–Trinajstić information content (AvgIpc) is 2.87. The predicted molar refractivity (Wildman–Crippen MR) is 75.8 cm³/mol. The van der Waals surface area contributed by atoms with E-state index < -0.39 is 0 Å². The molecular weight excluding hydrogens is 242 g/mol. The third kappa shape index (κ3) is 2.26. The quantitative estimate of drug-likeness (QED) is 0.921. The first kappa shape index (κ1) is 11.7. The fourth-order valence-corrected chi connectivity index (χ4v) is 3.15. The van der Waals surface area contributed by atoms with Crippen LogP contribution in [0.15, 0.2) is 29.6 Å². The Labute approximate surface area is 111 Å². The van der Waals surface area contributed by atoms with Crippen molar-refractivity contribution in [1.29, 1.82) is 0 Å². The van der Waals surface area contributed by atoms with Crippen molar-refractivity contribution in [3.05, 3.63) is 45.9 Å². The van der Waals surface area contributed by atoms with Crippen LogP contribution in [0.2, 0.25) is 0 Å². The van der Waals surface area contributed by atoms with Gasteiger partial charge in [-0.15, -0.1) is 11.3 Å². The molecule has 1 aromatic carbocycles. The molecule has 0 unspecified atom stereocenters. The Bertz CT molecular complexity index is 535. The number of anilines is 1. The van der Waals surface area contributed by atoms with Crippen LogP contribution in [0.25, 0.3) is 0 Å². The Hall–Kier alpha value is -1.39. The van der Waals surface area contributed by atoms with E-state index in [1.165, 1.54) is 24.1 Å². The van der Waals surface area contributed by atoms with Gasteiger partial charge in [-0.3, -0.25) is 0 Å². The van der Waals surface area contributed by atoms with Gasteiger partial charge in [0.1, 0.15) is 5.01 Å². The van der Waals surface area contributed by atoms with Gasteiger partial charge in [0, 0.05) is 24.2 Å². The lowest BCUT2D eigenvalue weighted by atomic mass is 10.0. The van der Waals surface area contributed by atoms with Crippen LogP contribution in [0.4, 0.5) is 5.69 Å². The molecule has 0 fully saturated rings. The third-order valence-electron chi connectivity index (χ3n) is 3.33. The standard InChI is InChI=1S/C14H17N3S/c15-8-14-16-12(10-18-14)9-17-7-3-5-11-4-1-2-6-13(11)17/h1-2,4,6,10H,3,5,7-9,15H2. The highest BCUT2D eigenvalue weighted by molar-refractivity contribution is 7.09. The molecule has 3 rings (SSSR count). The van der Waals surface area contributed by atoms with Crippen molar-refractivity contribution in [1.82, 2.24) is 4.98 Å². The molecule has 0 radical (unpaired) electrons. The largest absolute Gasteiger partial charge is 0.365 e. The molecule has 1 aliphatic rings. The van der Waals surface area contributed by atoms with E-state index >= 15 is 0 Å². The number of hydrogen-bond donors (Lipinski definition) is 1. The molecule has 0 bridgehead atoms. The summed E-state index contributed by atoms with van der Waals surface area (Å²) in [5, 5.41) is 3.15. The van der Waals surface area contributed by atoms with Crippen LogP contribution in [-0.4, -0.2) is 11.5 Å². The normalized spacial score (nSPS) is 14.6. The molecule has 2 heterocycles. The Kier molecular flexibility index (Phi) is 3.30. The molecule has 18 heavy (non-hydrogen) atoms. The minimum atomic E-state index is 0.543. The first-order valence-corrected chi connectivity index (χ1v) is 7.21. The molecule has 0 saturated heterocycles. The van der Waals surface area contributed by atoms with Crippen LogP contribution in [-0.2, 0) is 19.5 Å². The summed E-state index contributed by atoms with van der Waals surface area (Å²) >= 11 is 1.66. The SMILES string of the molecule is NCc1nc(CN2CCCc3ccccc32)cs1. The summed E-state index contributed by atoms with van der Waals surface area (Å²) in [5.41, 5.74) is 9.57. The van der Waals surface area contributed by atoms with E-state index in [1.54, 1.807) is 11.3 Å². The number of aryl methyl sites for hydroxylation is 1. The minimum absolute atomic E-state index is 0.543. The van der Waals surface area contributed by atoms with Crippen LogP contribution >= 0.6 is 11.3 Å². The molecule has 1 aliphatic heterocycles. The summed E-state index contributed by atoms with van der Waals surface area (Å²) in [7, 11) is 0. The number of nitrogens with zero attached hydrogens (tertiary/aromatic N) is 2. The van der Waals surface area contributed by atoms with E-state index in [9.17, 15) is 0 Å².